The van der Waals surface area contributed by atoms with Gasteiger partial charge in [0.1, 0.15) is 18.6 Å². The highest BCUT2D eigenvalue weighted by atomic mass is 16.3. The van der Waals surface area contributed by atoms with Crippen LogP contribution in [0.5, 0.6) is 0 Å². The van der Waals surface area contributed by atoms with Crippen molar-refractivity contribution in [3.05, 3.63) is 53.5 Å². The molecule has 0 radical (unpaired) electrons. The SMILES string of the molecule is Cc1cc(C(=O)Nc2ccccc2C#CCO)co1. The van der Waals surface area contributed by atoms with Gasteiger partial charge in [0, 0.05) is 5.56 Å². The van der Waals surface area contributed by atoms with Crippen LogP contribution in [0.1, 0.15) is 21.7 Å². The summed E-state index contributed by atoms with van der Waals surface area (Å²) in [5.41, 5.74) is 1.72. The lowest BCUT2D eigenvalue weighted by Crippen LogP contribution is -2.11. The Morgan fingerprint density at radius 2 is 2.21 bits per heavy atom. The molecule has 19 heavy (non-hydrogen) atoms. The number of hydrogen-bond acceptors (Lipinski definition) is 3. The van der Waals surface area contributed by atoms with Crippen LogP contribution in [0, 0.1) is 18.8 Å². The summed E-state index contributed by atoms with van der Waals surface area (Å²) >= 11 is 0. The van der Waals surface area contributed by atoms with Crippen LogP contribution in [0.2, 0.25) is 0 Å². The van der Waals surface area contributed by atoms with E-state index in [1.807, 2.05) is 6.07 Å². The highest BCUT2D eigenvalue weighted by Crippen LogP contribution is 2.16. The number of benzene rings is 1. The van der Waals surface area contributed by atoms with Gasteiger partial charge in [0.15, 0.2) is 0 Å². The second-order valence-corrected chi connectivity index (χ2v) is 3.91. The fourth-order valence-electron chi connectivity index (χ4n) is 1.59. The topological polar surface area (TPSA) is 62.5 Å². The van der Waals surface area contributed by atoms with Crippen LogP contribution in [-0.2, 0) is 0 Å². The first-order valence-electron chi connectivity index (χ1n) is 5.76. The molecule has 4 heteroatoms. The number of hydrogen-bond donors (Lipinski definition) is 2. The standard InChI is InChI=1S/C15H13NO3/c1-11-9-13(10-19-11)15(18)16-14-7-3-2-5-12(14)6-4-8-17/h2-3,5,7,9-10,17H,8H2,1H3,(H,16,18). The Kier molecular flexibility index (Phi) is 4.01. The molecule has 0 saturated carbocycles. The van der Waals surface area contributed by atoms with E-state index in [4.69, 9.17) is 9.52 Å². The number of para-hydroxylation sites is 1. The molecule has 2 rings (SSSR count). The van der Waals surface area contributed by atoms with E-state index >= 15 is 0 Å². The van der Waals surface area contributed by atoms with Crippen LogP contribution in [-0.4, -0.2) is 17.6 Å². The van der Waals surface area contributed by atoms with Gasteiger partial charge >= 0.3 is 0 Å². The maximum absolute atomic E-state index is 12.0. The van der Waals surface area contributed by atoms with Crippen molar-refractivity contribution in [3.8, 4) is 11.8 Å². The predicted molar refractivity (Wildman–Crippen MR) is 71.8 cm³/mol. The lowest BCUT2D eigenvalue weighted by molar-refractivity contribution is 0.102. The van der Waals surface area contributed by atoms with E-state index in [0.29, 0.717) is 22.6 Å². The monoisotopic (exact) mass is 255 g/mol. The predicted octanol–water partition coefficient (Wildman–Crippen LogP) is 2.18. The summed E-state index contributed by atoms with van der Waals surface area (Å²) in [7, 11) is 0. The quantitative estimate of drug-likeness (QED) is 0.808. The van der Waals surface area contributed by atoms with Gasteiger partial charge in [0.2, 0.25) is 0 Å². The summed E-state index contributed by atoms with van der Waals surface area (Å²) in [4.78, 5) is 12.0. The first kappa shape index (κ1) is 12.9. The number of amides is 1. The molecule has 4 nitrogen and oxygen atoms in total. The molecule has 0 aliphatic heterocycles. The first-order chi connectivity index (χ1) is 9.20. The third kappa shape index (κ3) is 3.24. The van der Waals surface area contributed by atoms with E-state index in [1.54, 1.807) is 31.2 Å². The summed E-state index contributed by atoms with van der Waals surface area (Å²) in [6.45, 7) is 1.56. The number of furan rings is 1. The Hall–Kier alpha value is -2.51. The molecule has 0 bridgehead atoms. The molecule has 0 atom stereocenters. The van der Waals surface area contributed by atoms with Crippen LogP contribution in [0.4, 0.5) is 5.69 Å². The van der Waals surface area contributed by atoms with E-state index in [9.17, 15) is 4.79 Å². The van der Waals surface area contributed by atoms with Crippen LogP contribution < -0.4 is 5.32 Å². The Labute approximate surface area is 111 Å². The molecule has 1 aromatic carbocycles. The lowest BCUT2D eigenvalue weighted by atomic mass is 10.1. The third-order valence-electron chi connectivity index (χ3n) is 2.47. The zero-order chi connectivity index (χ0) is 13.7. The van der Waals surface area contributed by atoms with Gasteiger partial charge in [-0.1, -0.05) is 24.0 Å². The maximum Gasteiger partial charge on any atom is 0.258 e. The average Bonchev–Trinajstić information content (AvgIpc) is 2.84. The van der Waals surface area contributed by atoms with Crippen molar-refractivity contribution in [3.63, 3.8) is 0 Å². The van der Waals surface area contributed by atoms with Crippen molar-refractivity contribution < 1.29 is 14.3 Å². The van der Waals surface area contributed by atoms with E-state index in [1.165, 1.54) is 6.26 Å². The average molecular weight is 255 g/mol. The largest absolute Gasteiger partial charge is 0.469 e. The second-order valence-electron chi connectivity index (χ2n) is 3.91. The minimum absolute atomic E-state index is 0.219. The number of anilines is 1. The Bertz CT molecular complexity index is 647. The van der Waals surface area contributed by atoms with Crippen molar-refractivity contribution in [1.29, 1.82) is 0 Å². The molecule has 0 unspecified atom stereocenters. The number of carbonyl (C=O) groups excluding carboxylic acids is 1. The zero-order valence-corrected chi connectivity index (χ0v) is 10.4. The molecule has 0 aliphatic carbocycles. The minimum Gasteiger partial charge on any atom is -0.469 e. The molecular weight excluding hydrogens is 242 g/mol. The summed E-state index contributed by atoms with van der Waals surface area (Å²) in [5, 5.41) is 11.5. The van der Waals surface area contributed by atoms with Crippen molar-refractivity contribution in [1.82, 2.24) is 0 Å². The van der Waals surface area contributed by atoms with Crippen LogP contribution in [0.15, 0.2) is 41.0 Å². The fourth-order valence-corrected chi connectivity index (χ4v) is 1.59. The first-order valence-corrected chi connectivity index (χ1v) is 5.76. The smallest absolute Gasteiger partial charge is 0.258 e. The van der Waals surface area contributed by atoms with E-state index < -0.39 is 0 Å². The number of carbonyl (C=O) groups is 1. The van der Waals surface area contributed by atoms with Crippen molar-refractivity contribution in [2.24, 2.45) is 0 Å². The molecule has 2 N–H and O–H groups in total. The highest BCUT2D eigenvalue weighted by molar-refractivity contribution is 6.04. The van der Waals surface area contributed by atoms with Gasteiger partial charge in [-0.25, -0.2) is 0 Å². The van der Waals surface area contributed by atoms with Crippen LogP contribution in [0.25, 0.3) is 0 Å². The molecular formula is C15H13NO3. The molecule has 96 valence electrons. The highest BCUT2D eigenvalue weighted by Gasteiger charge is 2.10. The number of rotatable bonds is 2. The summed E-state index contributed by atoms with van der Waals surface area (Å²) < 4.78 is 5.10. The van der Waals surface area contributed by atoms with Gasteiger partial charge < -0.3 is 14.8 Å². The van der Waals surface area contributed by atoms with Crippen molar-refractivity contribution in [2.75, 3.05) is 11.9 Å². The van der Waals surface area contributed by atoms with Gasteiger partial charge in [-0.3, -0.25) is 4.79 Å². The van der Waals surface area contributed by atoms with Gasteiger partial charge in [-0.2, -0.15) is 0 Å². The maximum atomic E-state index is 12.0. The molecule has 1 amide bonds. The molecule has 0 fully saturated rings. The fraction of sp³-hybridized carbons (Fsp3) is 0.133. The number of nitrogens with one attached hydrogen (secondary N) is 1. The molecule has 0 aliphatic rings. The van der Waals surface area contributed by atoms with E-state index in [-0.39, 0.29) is 12.5 Å². The third-order valence-corrected chi connectivity index (χ3v) is 2.47. The lowest BCUT2D eigenvalue weighted by Gasteiger charge is -2.05. The minimum atomic E-state index is -0.255. The summed E-state index contributed by atoms with van der Waals surface area (Å²) in [6.07, 6.45) is 1.41. The number of aliphatic hydroxyl groups is 1. The normalized spacial score (nSPS) is 9.58. The molecule has 1 heterocycles. The van der Waals surface area contributed by atoms with E-state index in [0.717, 1.165) is 0 Å². The van der Waals surface area contributed by atoms with Gasteiger partial charge in [0.05, 0.1) is 11.3 Å². The van der Waals surface area contributed by atoms with Gasteiger partial charge in [0.25, 0.3) is 5.91 Å². The van der Waals surface area contributed by atoms with Gasteiger partial charge in [-0.15, -0.1) is 0 Å². The van der Waals surface area contributed by atoms with Crippen molar-refractivity contribution >= 4 is 11.6 Å². The second kappa shape index (κ2) is 5.89. The summed E-state index contributed by atoms with van der Waals surface area (Å²) in [6, 6.07) is 8.82. The molecule has 0 spiro atoms. The number of aryl methyl sites for hydroxylation is 1. The van der Waals surface area contributed by atoms with E-state index in [2.05, 4.69) is 17.2 Å². The molecule has 1 aromatic heterocycles. The van der Waals surface area contributed by atoms with Gasteiger partial charge in [-0.05, 0) is 25.1 Å². The van der Waals surface area contributed by atoms with Crippen LogP contribution in [0.3, 0.4) is 0 Å². The summed E-state index contributed by atoms with van der Waals surface area (Å²) in [5.74, 6) is 5.77. The Balaban J connectivity index is 2.21. The van der Waals surface area contributed by atoms with Crippen LogP contribution >= 0.6 is 0 Å². The Morgan fingerprint density at radius 1 is 1.42 bits per heavy atom. The zero-order valence-electron chi connectivity index (χ0n) is 10.4. The van der Waals surface area contributed by atoms with Crippen molar-refractivity contribution in [2.45, 2.75) is 6.92 Å². The molecule has 2 aromatic rings. The number of aliphatic hydroxyl groups excluding tert-OH is 1. The molecule has 0 saturated heterocycles. The Morgan fingerprint density at radius 3 is 2.89 bits per heavy atom.